The number of carbonyl (C=O) groups excluding carboxylic acids is 2. The lowest BCUT2D eigenvalue weighted by Crippen LogP contribution is -2.43. The topological polar surface area (TPSA) is 71.5 Å². The number of hydrogen-bond donors (Lipinski definition) is 1. The van der Waals surface area contributed by atoms with Gasteiger partial charge in [0.2, 0.25) is 0 Å². The summed E-state index contributed by atoms with van der Waals surface area (Å²) in [6, 6.07) is 17.7. The number of amides is 1. The lowest BCUT2D eigenvalue weighted by molar-refractivity contribution is -0.145. The SMILES string of the molecule is CC#CCN1C[C@H](C(=O)OC)[C@H](NC(=O)c2ccc(Cc3cc(CC)nc4ccccc34)cc2)C1. The number of esters is 1. The van der Waals surface area contributed by atoms with Gasteiger partial charge in [-0.15, -0.1) is 5.92 Å². The van der Waals surface area contributed by atoms with Crippen LogP contribution >= 0.6 is 0 Å². The average molecular weight is 470 g/mol. The maximum atomic E-state index is 13.0. The number of pyridine rings is 1. The first-order valence-electron chi connectivity index (χ1n) is 12.0. The molecule has 6 nitrogen and oxygen atoms in total. The minimum Gasteiger partial charge on any atom is -0.469 e. The monoisotopic (exact) mass is 469 g/mol. The third kappa shape index (κ3) is 5.70. The van der Waals surface area contributed by atoms with Gasteiger partial charge in [-0.05, 0) is 55.2 Å². The number of methoxy groups -OCH3 is 1. The molecule has 180 valence electrons. The van der Waals surface area contributed by atoms with Crippen molar-refractivity contribution in [1.29, 1.82) is 0 Å². The van der Waals surface area contributed by atoms with E-state index in [1.165, 1.54) is 12.7 Å². The predicted molar refractivity (Wildman–Crippen MR) is 137 cm³/mol. The van der Waals surface area contributed by atoms with Crippen LogP contribution in [-0.4, -0.2) is 54.5 Å². The van der Waals surface area contributed by atoms with Gasteiger partial charge < -0.3 is 10.1 Å². The van der Waals surface area contributed by atoms with E-state index in [2.05, 4.69) is 41.1 Å². The molecule has 0 spiro atoms. The van der Waals surface area contributed by atoms with Crippen molar-refractivity contribution in [3.05, 3.63) is 77.0 Å². The van der Waals surface area contributed by atoms with Gasteiger partial charge >= 0.3 is 5.97 Å². The normalized spacial score (nSPS) is 17.6. The molecule has 0 unspecified atom stereocenters. The lowest BCUT2D eigenvalue weighted by Gasteiger charge is -2.18. The van der Waals surface area contributed by atoms with Crippen molar-refractivity contribution in [3.63, 3.8) is 0 Å². The molecule has 6 heteroatoms. The van der Waals surface area contributed by atoms with Crippen LogP contribution < -0.4 is 5.32 Å². The van der Waals surface area contributed by atoms with Gasteiger partial charge in [-0.25, -0.2) is 0 Å². The van der Waals surface area contributed by atoms with Gasteiger partial charge in [-0.2, -0.15) is 0 Å². The Morgan fingerprint density at radius 3 is 2.63 bits per heavy atom. The summed E-state index contributed by atoms with van der Waals surface area (Å²) in [5, 5.41) is 4.19. The summed E-state index contributed by atoms with van der Waals surface area (Å²) in [6.07, 6.45) is 1.64. The molecular weight excluding hydrogens is 438 g/mol. The first kappa shape index (κ1) is 24.4. The van der Waals surface area contributed by atoms with Crippen molar-refractivity contribution in [1.82, 2.24) is 15.2 Å². The Labute approximate surface area is 206 Å². The quantitative estimate of drug-likeness (QED) is 0.423. The second kappa shape index (κ2) is 11.2. The van der Waals surface area contributed by atoms with E-state index in [1.54, 1.807) is 6.92 Å². The zero-order chi connectivity index (χ0) is 24.8. The van der Waals surface area contributed by atoms with E-state index in [0.717, 1.165) is 35.0 Å². The van der Waals surface area contributed by atoms with E-state index in [-0.39, 0.29) is 17.9 Å². The van der Waals surface area contributed by atoms with Crippen LogP contribution in [0.5, 0.6) is 0 Å². The van der Waals surface area contributed by atoms with Crippen LogP contribution in [0.1, 0.15) is 41.0 Å². The Morgan fingerprint density at radius 1 is 1.14 bits per heavy atom. The Kier molecular flexibility index (Phi) is 7.79. The summed E-state index contributed by atoms with van der Waals surface area (Å²) in [7, 11) is 1.38. The highest BCUT2D eigenvalue weighted by atomic mass is 16.5. The zero-order valence-electron chi connectivity index (χ0n) is 20.5. The van der Waals surface area contributed by atoms with Gasteiger partial charge in [0.1, 0.15) is 0 Å². The maximum absolute atomic E-state index is 13.0. The van der Waals surface area contributed by atoms with Crippen LogP contribution in [0, 0.1) is 17.8 Å². The minimum absolute atomic E-state index is 0.193. The largest absolute Gasteiger partial charge is 0.469 e. The highest BCUT2D eigenvalue weighted by Gasteiger charge is 2.39. The summed E-state index contributed by atoms with van der Waals surface area (Å²) in [6.45, 7) is 5.54. The summed E-state index contributed by atoms with van der Waals surface area (Å²) < 4.78 is 4.97. The van der Waals surface area contributed by atoms with Crippen LogP contribution in [0.4, 0.5) is 0 Å². The number of likely N-dealkylation sites (tertiary alicyclic amines) is 1. The number of nitrogens with one attached hydrogen (secondary N) is 1. The highest BCUT2D eigenvalue weighted by Crippen LogP contribution is 2.23. The molecule has 0 radical (unpaired) electrons. The first-order chi connectivity index (χ1) is 17.0. The van der Waals surface area contributed by atoms with Gasteiger partial charge in [0.05, 0.1) is 31.1 Å². The molecule has 35 heavy (non-hydrogen) atoms. The molecule has 4 rings (SSSR count). The number of aryl methyl sites for hydroxylation is 1. The van der Waals surface area contributed by atoms with E-state index in [9.17, 15) is 9.59 Å². The van der Waals surface area contributed by atoms with Crippen LogP contribution in [0.15, 0.2) is 54.6 Å². The maximum Gasteiger partial charge on any atom is 0.312 e. The Hall–Kier alpha value is -3.69. The van der Waals surface area contributed by atoms with Crippen molar-refractivity contribution in [2.24, 2.45) is 5.92 Å². The molecule has 2 heterocycles. The van der Waals surface area contributed by atoms with Crippen LogP contribution in [0.2, 0.25) is 0 Å². The lowest BCUT2D eigenvalue weighted by atomic mass is 9.98. The second-order valence-electron chi connectivity index (χ2n) is 8.85. The van der Waals surface area contributed by atoms with E-state index >= 15 is 0 Å². The number of aromatic nitrogens is 1. The molecule has 2 atom stereocenters. The van der Waals surface area contributed by atoms with E-state index in [1.807, 2.05) is 42.5 Å². The summed E-state index contributed by atoms with van der Waals surface area (Å²) in [4.78, 5) is 32.1. The number of hydrogen-bond acceptors (Lipinski definition) is 5. The average Bonchev–Trinajstić information content (AvgIpc) is 3.29. The van der Waals surface area contributed by atoms with Gasteiger partial charge in [-0.3, -0.25) is 19.5 Å². The number of para-hydroxylation sites is 1. The number of carbonyl (C=O) groups is 2. The molecule has 1 saturated heterocycles. The Morgan fingerprint density at radius 2 is 1.91 bits per heavy atom. The van der Waals surface area contributed by atoms with Crippen LogP contribution in [0.3, 0.4) is 0 Å². The van der Waals surface area contributed by atoms with Crippen LogP contribution in [-0.2, 0) is 22.4 Å². The van der Waals surface area contributed by atoms with E-state index in [0.29, 0.717) is 25.2 Å². The highest BCUT2D eigenvalue weighted by molar-refractivity contribution is 5.95. The summed E-state index contributed by atoms with van der Waals surface area (Å²) in [5.74, 6) is 4.99. The second-order valence-corrected chi connectivity index (χ2v) is 8.85. The third-order valence-electron chi connectivity index (χ3n) is 6.52. The number of rotatable bonds is 7. The van der Waals surface area contributed by atoms with Crippen LogP contribution in [0.25, 0.3) is 10.9 Å². The van der Waals surface area contributed by atoms with E-state index in [4.69, 9.17) is 9.72 Å². The molecule has 1 aromatic heterocycles. The molecular formula is C29H31N3O3. The predicted octanol–water partition coefficient (Wildman–Crippen LogP) is 3.61. The van der Waals surface area contributed by atoms with Gasteiger partial charge in [0, 0.05) is 29.7 Å². The zero-order valence-corrected chi connectivity index (χ0v) is 20.5. The van der Waals surface area contributed by atoms with Crippen molar-refractivity contribution >= 4 is 22.8 Å². The molecule has 3 aromatic rings. The molecule has 1 aliphatic rings. The molecule has 0 aliphatic carbocycles. The van der Waals surface area contributed by atoms with Gasteiger partial charge in [-0.1, -0.05) is 43.2 Å². The van der Waals surface area contributed by atoms with Gasteiger partial charge in [0.25, 0.3) is 5.91 Å². The van der Waals surface area contributed by atoms with E-state index < -0.39 is 5.92 Å². The first-order valence-corrected chi connectivity index (χ1v) is 12.0. The molecule has 1 N–H and O–H groups in total. The third-order valence-corrected chi connectivity index (χ3v) is 6.52. The van der Waals surface area contributed by atoms with Gasteiger partial charge in [0.15, 0.2) is 0 Å². The fraction of sp³-hybridized carbons (Fsp3) is 0.345. The number of fused-ring (bicyclic) bond motifs is 1. The molecule has 2 aromatic carbocycles. The molecule has 1 aliphatic heterocycles. The Bertz CT molecular complexity index is 1270. The summed E-state index contributed by atoms with van der Waals surface area (Å²) >= 11 is 0. The summed E-state index contributed by atoms with van der Waals surface area (Å²) in [5.41, 5.74) is 5.00. The number of benzene rings is 2. The van der Waals surface area contributed by atoms with Crippen molar-refractivity contribution in [2.75, 3.05) is 26.7 Å². The van der Waals surface area contributed by atoms with Crippen molar-refractivity contribution < 1.29 is 14.3 Å². The number of ether oxygens (including phenoxy) is 1. The van der Waals surface area contributed by atoms with Crippen molar-refractivity contribution in [3.8, 4) is 11.8 Å². The molecule has 0 saturated carbocycles. The number of nitrogens with zero attached hydrogens (tertiary/aromatic N) is 2. The minimum atomic E-state index is -0.408. The fourth-order valence-corrected chi connectivity index (χ4v) is 4.62. The molecule has 1 amide bonds. The molecule has 0 bridgehead atoms. The molecule has 1 fully saturated rings. The smallest absolute Gasteiger partial charge is 0.312 e. The standard InChI is InChI=1S/C29H31N3O3/c1-4-6-15-32-18-25(29(34)35-3)27(19-32)31-28(33)21-13-11-20(12-14-21)16-22-17-23(5-2)30-26-10-8-7-9-24(22)26/h7-14,17,25,27H,5,15-16,18-19H2,1-3H3,(H,31,33)/t25-,27+/m0/s1. The van der Waals surface area contributed by atoms with Crippen molar-refractivity contribution in [2.45, 2.75) is 32.7 Å². The Balaban J connectivity index is 1.47. The fourth-order valence-electron chi connectivity index (χ4n) is 4.62.